The molecule has 0 unspecified atom stereocenters. The Hall–Kier alpha value is -1.83. The number of rotatable bonds is 2. The Morgan fingerprint density at radius 1 is 1.24 bits per heavy atom. The zero-order valence-electron chi connectivity index (χ0n) is 11.5. The number of nitrogens with one attached hydrogen (secondary N) is 3. The average molecular weight is 304 g/mol. The van der Waals surface area contributed by atoms with Crippen molar-refractivity contribution in [3.63, 3.8) is 0 Å². The van der Waals surface area contributed by atoms with Gasteiger partial charge in [-0.25, -0.2) is 0 Å². The molecule has 1 aliphatic carbocycles. The minimum absolute atomic E-state index is 0.0769. The smallest absolute Gasteiger partial charge is 0.272 e. The van der Waals surface area contributed by atoms with Crippen LogP contribution in [0.25, 0.3) is 0 Å². The van der Waals surface area contributed by atoms with Crippen molar-refractivity contribution in [2.45, 2.75) is 37.5 Å². The van der Waals surface area contributed by atoms with Gasteiger partial charge in [0.05, 0.1) is 11.4 Å². The second-order valence-corrected chi connectivity index (χ2v) is 6.57. The van der Waals surface area contributed by atoms with E-state index in [-0.39, 0.29) is 11.9 Å². The van der Waals surface area contributed by atoms with E-state index < -0.39 is 0 Å². The molecule has 4 rings (SSSR count). The molecule has 1 aliphatic heterocycles. The van der Waals surface area contributed by atoms with Gasteiger partial charge in [0.15, 0.2) is 5.69 Å². The Balaban J connectivity index is 1.48. The van der Waals surface area contributed by atoms with Gasteiger partial charge in [-0.15, -0.1) is 0 Å². The maximum atomic E-state index is 12.4. The van der Waals surface area contributed by atoms with Crippen molar-refractivity contribution in [1.29, 1.82) is 0 Å². The molecule has 2 aliphatic rings. The van der Waals surface area contributed by atoms with Gasteiger partial charge >= 0.3 is 0 Å². The molecule has 7 nitrogen and oxygen atoms in total. The number of H-pyrrole nitrogens is 2. The van der Waals surface area contributed by atoms with E-state index in [0.29, 0.717) is 5.69 Å². The Morgan fingerprint density at radius 2 is 2.14 bits per heavy atom. The molecule has 8 heteroatoms. The Kier molecular flexibility index (Phi) is 3.17. The van der Waals surface area contributed by atoms with Gasteiger partial charge in [-0.05, 0) is 25.0 Å². The maximum Gasteiger partial charge on any atom is 0.272 e. The number of carbonyl (C=O) groups is 1. The normalized spacial score (nSPS) is 20.7. The summed E-state index contributed by atoms with van der Waals surface area (Å²) in [4.78, 5) is 12.4. The molecule has 2 aromatic rings. The van der Waals surface area contributed by atoms with Crippen molar-refractivity contribution in [2.75, 3.05) is 5.75 Å². The number of nitrogens with zero attached hydrogens (tertiary/aromatic N) is 3. The second-order valence-electron chi connectivity index (χ2n) is 5.46. The SMILES string of the molecule is O=C(N[C@H]1CCc2n[nH]nc2C1)c1n[nH]c2c1CSCC2. The van der Waals surface area contributed by atoms with Gasteiger partial charge < -0.3 is 5.32 Å². The van der Waals surface area contributed by atoms with Crippen LogP contribution < -0.4 is 5.32 Å². The van der Waals surface area contributed by atoms with Gasteiger partial charge in [0.25, 0.3) is 5.91 Å². The van der Waals surface area contributed by atoms with Gasteiger partial charge in [-0.3, -0.25) is 9.89 Å². The summed E-state index contributed by atoms with van der Waals surface area (Å²) in [5, 5.41) is 21.2. The molecule has 0 bridgehead atoms. The number of aromatic nitrogens is 5. The summed E-state index contributed by atoms with van der Waals surface area (Å²) in [6, 6.07) is 0.110. The van der Waals surface area contributed by atoms with Gasteiger partial charge in [-0.2, -0.15) is 32.3 Å². The third-order valence-corrected chi connectivity index (χ3v) is 5.10. The number of carbonyl (C=O) groups excluding carboxylic acids is 1. The monoisotopic (exact) mass is 304 g/mol. The fourth-order valence-corrected chi connectivity index (χ4v) is 3.97. The molecule has 2 aromatic heterocycles. The van der Waals surface area contributed by atoms with Crippen LogP contribution in [0.4, 0.5) is 0 Å². The number of amides is 1. The third-order valence-electron chi connectivity index (χ3n) is 4.12. The molecule has 21 heavy (non-hydrogen) atoms. The van der Waals surface area contributed by atoms with E-state index >= 15 is 0 Å². The zero-order chi connectivity index (χ0) is 14.2. The van der Waals surface area contributed by atoms with Crippen molar-refractivity contribution < 1.29 is 4.79 Å². The van der Waals surface area contributed by atoms with Crippen molar-refractivity contribution in [1.82, 2.24) is 30.9 Å². The first kappa shape index (κ1) is 12.9. The van der Waals surface area contributed by atoms with Crippen LogP contribution in [0.5, 0.6) is 0 Å². The standard InChI is InChI=1S/C13H16N6OS/c20-13(12-8-6-21-4-3-9(8)15-18-12)14-7-1-2-10-11(5-7)17-19-16-10/h7H,1-6H2,(H,14,20)(H,15,18)(H,16,17,19)/t7-/m0/s1. The molecule has 0 saturated heterocycles. The minimum atomic E-state index is -0.0769. The van der Waals surface area contributed by atoms with Crippen molar-refractivity contribution in [3.05, 3.63) is 28.3 Å². The molecule has 3 heterocycles. The summed E-state index contributed by atoms with van der Waals surface area (Å²) in [5.41, 5.74) is 4.73. The van der Waals surface area contributed by atoms with Gasteiger partial charge in [0.1, 0.15) is 0 Å². The largest absolute Gasteiger partial charge is 0.347 e. The van der Waals surface area contributed by atoms with E-state index in [4.69, 9.17) is 0 Å². The summed E-state index contributed by atoms with van der Waals surface area (Å²) < 4.78 is 0. The Morgan fingerprint density at radius 3 is 3.10 bits per heavy atom. The molecular formula is C13H16N6OS. The van der Waals surface area contributed by atoms with E-state index in [1.54, 1.807) is 0 Å². The van der Waals surface area contributed by atoms with Crippen LogP contribution in [0.3, 0.4) is 0 Å². The number of fused-ring (bicyclic) bond motifs is 2. The first-order valence-corrected chi connectivity index (χ1v) is 8.30. The number of thioether (sulfide) groups is 1. The second kappa shape index (κ2) is 5.18. The molecule has 0 spiro atoms. The molecule has 0 radical (unpaired) electrons. The summed E-state index contributed by atoms with van der Waals surface area (Å²) in [6.45, 7) is 0. The predicted molar refractivity (Wildman–Crippen MR) is 78.1 cm³/mol. The highest BCUT2D eigenvalue weighted by atomic mass is 32.2. The van der Waals surface area contributed by atoms with Crippen LogP contribution in [-0.2, 0) is 25.0 Å². The molecular weight excluding hydrogens is 288 g/mol. The van der Waals surface area contributed by atoms with Crippen LogP contribution in [0.2, 0.25) is 0 Å². The van der Waals surface area contributed by atoms with E-state index in [1.165, 1.54) is 0 Å². The van der Waals surface area contributed by atoms with Gasteiger partial charge in [0.2, 0.25) is 0 Å². The number of aromatic amines is 2. The molecule has 110 valence electrons. The highest BCUT2D eigenvalue weighted by molar-refractivity contribution is 7.98. The van der Waals surface area contributed by atoms with Gasteiger partial charge in [0, 0.05) is 29.5 Å². The summed E-state index contributed by atoms with van der Waals surface area (Å²) >= 11 is 1.85. The number of hydrogen-bond acceptors (Lipinski definition) is 5. The number of hydrogen-bond donors (Lipinski definition) is 3. The first-order valence-electron chi connectivity index (χ1n) is 7.14. The summed E-state index contributed by atoms with van der Waals surface area (Å²) in [5.74, 6) is 1.88. The molecule has 1 amide bonds. The first-order chi connectivity index (χ1) is 10.3. The molecule has 1 atom stereocenters. The summed E-state index contributed by atoms with van der Waals surface area (Å²) in [6.07, 6.45) is 3.45. The van der Waals surface area contributed by atoms with Crippen molar-refractivity contribution in [2.24, 2.45) is 0 Å². The lowest BCUT2D eigenvalue weighted by Crippen LogP contribution is -2.39. The lowest BCUT2D eigenvalue weighted by atomic mass is 9.96. The Bertz CT molecular complexity index is 678. The Labute approximate surface area is 125 Å². The summed E-state index contributed by atoms with van der Waals surface area (Å²) in [7, 11) is 0. The highest BCUT2D eigenvalue weighted by Crippen LogP contribution is 2.26. The van der Waals surface area contributed by atoms with Crippen molar-refractivity contribution in [3.8, 4) is 0 Å². The fourth-order valence-electron chi connectivity index (χ4n) is 2.96. The highest BCUT2D eigenvalue weighted by Gasteiger charge is 2.27. The van der Waals surface area contributed by atoms with Crippen LogP contribution in [-0.4, -0.2) is 43.3 Å². The van der Waals surface area contributed by atoms with E-state index in [2.05, 4.69) is 30.9 Å². The maximum absolute atomic E-state index is 12.4. The lowest BCUT2D eigenvalue weighted by Gasteiger charge is -2.21. The predicted octanol–water partition coefficient (Wildman–Crippen LogP) is 0.604. The van der Waals surface area contributed by atoms with Crippen LogP contribution in [0.1, 0.15) is 39.6 Å². The quantitative estimate of drug-likeness (QED) is 0.754. The topological polar surface area (TPSA) is 99.3 Å². The third kappa shape index (κ3) is 2.33. The van der Waals surface area contributed by atoms with Crippen molar-refractivity contribution >= 4 is 17.7 Å². The van der Waals surface area contributed by atoms with E-state index in [9.17, 15) is 4.79 Å². The van der Waals surface area contributed by atoms with Gasteiger partial charge in [-0.1, -0.05) is 0 Å². The fraction of sp³-hybridized carbons (Fsp3) is 0.538. The number of aryl methyl sites for hydroxylation is 2. The zero-order valence-corrected chi connectivity index (χ0v) is 12.3. The molecule has 0 fully saturated rings. The minimum Gasteiger partial charge on any atom is -0.347 e. The van der Waals surface area contributed by atoms with E-state index in [0.717, 1.165) is 59.8 Å². The average Bonchev–Trinajstić information content (AvgIpc) is 3.13. The van der Waals surface area contributed by atoms with Crippen LogP contribution >= 0.6 is 11.8 Å². The lowest BCUT2D eigenvalue weighted by molar-refractivity contribution is 0.0927. The van der Waals surface area contributed by atoms with E-state index in [1.807, 2.05) is 11.8 Å². The molecule has 0 saturated carbocycles. The van der Waals surface area contributed by atoms with Crippen LogP contribution in [0, 0.1) is 0 Å². The molecule has 0 aromatic carbocycles. The molecule has 3 N–H and O–H groups in total. The van der Waals surface area contributed by atoms with Crippen LogP contribution in [0.15, 0.2) is 0 Å².